The number of aryl methyl sites for hydroxylation is 1. The van der Waals surface area contributed by atoms with E-state index in [2.05, 4.69) is 25.9 Å². The number of hydrogen-bond acceptors (Lipinski definition) is 3. The van der Waals surface area contributed by atoms with Crippen LogP contribution in [0.2, 0.25) is 0 Å². The molecule has 1 aromatic heterocycles. The third-order valence-electron chi connectivity index (χ3n) is 2.56. The summed E-state index contributed by atoms with van der Waals surface area (Å²) in [7, 11) is 0. The molecule has 0 amide bonds. The Hall–Kier alpha value is -1.42. The summed E-state index contributed by atoms with van der Waals surface area (Å²) < 4.78 is 6.67. The van der Waals surface area contributed by atoms with Crippen molar-refractivity contribution in [3.8, 4) is 17.0 Å². The van der Waals surface area contributed by atoms with Crippen LogP contribution in [0.25, 0.3) is 11.3 Å². The highest BCUT2D eigenvalue weighted by Gasteiger charge is 2.19. The maximum Gasteiger partial charge on any atom is 0.129 e. The standard InChI is InChI=1S/C12H9BrN2O/c1-7-14-5-8-6-16-11-3-2-9(13)4-10(11)12(8)15-7/h2-5H,6H2,1H3. The fraction of sp³-hybridized carbons (Fsp3) is 0.167. The number of aromatic nitrogens is 2. The van der Waals surface area contributed by atoms with Crippen LogP contribution in [-0.2, 0) is 6.61 Å². The fourth-order valence-corrected chi connectivity index (χ4v) is 2.16. The number of halogens is 1. The molecule has 2 heterocycles. The van der Waals surface area contributed by atoms with E-state index in [-0.39, 0.29) is 0 Å². The molecule has 0 bridgehead atoms. The largest absolute Gasteiger partial charge is 0.488 e. The SMILES string of the molecule is Cc1ncc2c(n1)-c1cc(Br)ccc1OC2. The van der Waals surface area contributed by atoms with Crippen molar-refractivity contribution in [2.45, 2.75) is 13.5 Å². The number of benzene rings is 1. The van der Waals surface area contributed by atoms with E-state index in [1.165, 1.54) is 0 Å². The van der Waals surface area contributed by atoms with Gasteiger partial charge in [-0.15, -0.1) is 0 Å². The van der Waals surface area contributed by atoms with Crippen LogP contribution in [0.4, 0.5) is 0 Å². The normalized spacial score (nSPS) is 12.6. The molecule has 4 heteroatoms. The minimum Gasteiger partial charge on any atom is -0.488 e. The van der Waals surface area contributed by atoms with E-state index in [0.717, 1.165) is 32.9 Å². The number of hydrogen-bond donors (Lipinski definition) is 0. The lowest BCUT2D eigenvalue weighted by Crippen LogP contribution is -2.08. The Balaban J connectivity index is 2.28. The Bertz CT molecular complexity index is 517. The number of ether oxygens (including phenoxy) is 1. The van der Waals surface area contributed by atoms with Gasteiger partial charge in [-0.3, -0.25) is 0 Å². The summed E-state index contributed by atoms with van der Waals surface area (Å²) in [5, 5.41) is 0. The molecule has 0 saturated carbocycles. The molecule has 0 unspecified atom stereocenters. The van der Waals surface area contributed by atoms with Crippen LogP contribution in [0.15, 0.2) is 28.9 Å². The minimum absolute atomic E-state index is 0.546. The lowest BCUT2D eigenvalue weighted by atomic mass is 10.0. The van der Waals surface area contributed by atoms with Gasteiger partial charge in [-0.2, -0.15) is 0 Å². The molecule has 0 radical (unpaired) electrons. The predicted octanol–water partition coefficient (Wildman–Crippen LogP) is 3.11. The Morgan fingerprint density at radius 2 is 2.25 bits per heavy atom. The molecule has 2 aromatic rings. The molecule has 0 aliphatic carbocycles. The van der Waals surface area contributed by atoms with E-state index in [1.807, 2.05) is 31.3 Å². The van der Waals surface area contributed by atoms with Gasteiger partial charge >= 0.3 is 0 Å². The van der Waals surface area contributed by atoms with Crippen LogP contribution in [0.5, 0.6) is 5.75 Å². The maximum atomic E-state index is 5.64. The Labute approximate surface area is 102 Å². The summed E-state index contributed by atoms with van der Waals surface area (Å²) >= 11 is 3.46. The van der Waals surface area contributed by atoms with Gasteiger partial charge in [-0.25, -0.2) is 9.97 Å². The summed E-state index contributed by atoms with van der Waals surface area (Å²) in [6.07, 6.45) is 1.83. The molecule has 0 atom stereocenters. The van der Waals surface area contributed by atoms with Crippen LogP contribution >= 0.6 is 15.9 Å². The first-order valence-electron chi connectivity index (χ1n) is 4.99. The van der Waals surface area contributed by atoms with Crippen molar-refractivity contribution in [1.29, 1.82) is 0 Å². The van der Waals surface area contributed by atoms with Gasteiger partial charge in [0.2, 0.25) is 0 Å². The summed E-state index contributed by atoms with van der Waals surface area (Å²) in [5.41, 5.74) is 3.05. The van der Waals surface area contributed by atoms with Crippen molar-refractivity contribution in [3.63, 3.8) is 0 Å². The maximum absolute atomic E-state index is 5.64. The van der Waals surface area contributed by atoms with Gasteiger partial charge in [-0.1, -0.05) is 15.9 Å². The quantitative estimate of drug-likeness (QED) is 0.742. The van der Waals surface area contributed by atoms with Crippen molar-refractivity contribution < 1.29 is 4.74 Å². The first kappa shape index (κ1) is 9.78. The first-order valence-corrected chi connectivity index (χ1v) is 5.78. The van der Waals surface area contributed by atoms with Gasteiger partial charge in [-0.05, 0) is 25.1 Å². The topological polar surface area (TPSA) is 35.0 Å². The van der Waals surface area contributed by atoms with Gasteiger partial charge in [0.15, 0.2) is 0 Å². The molecule has 0 spiro atoms. The van der Waals surface area contributed by atoms with Crippen molar-refractivity contribution >= 4 is 15.9 Å². The second kappa shape index (κ2) is 3.56. The van der Waals surface area contributed by atoms with E-state index < -0.39 is 0 Å². The van der Waals surface area contributed by atoms with E-state index in [1.54, 1.807) is 0 Å². The molecule has 1 aromatic carbocycles. The van der Waals surface area contributed by atoms with Crippen LogP contribution in [0.1, 0.15) is 11.4 Å². The Morgan fingerprint density at radius 1 is 1.38 bits per heavy atom. The smallest absolute Gasteiger partial charge is 0.129 e. The second-order valence-electron chi connectivity index (χ2n) is 3.72. The monoisotopic (exact) mass is 276 g/mol. The Morgan fingerprint density at radius 3 is 3.12 bits per heavy atom. The van der Waals surface area contributed by atoms with Gasteiger partial charge in [0, 0.05) is 21.8 Å². The van der Waals surface area contributed by atoms with E-state index in [4.69, 9.17) is 4.74 Å². The molecule has 3 nitrogen and oxygen atoms in total. The van der Waals surface area contributed by atoms with Crippen LogP contribution in [0.3, 0.4) is 0 Å². The average molecular weight is 277 g/mol. The van der Waals surface area contributed by atoms with Crippen LogP contribution in [0, 0.1) is 6.92 Å². The van der Waals surface area contributed by atoms with Gasteiger partial charge in [0.1, 0.15) is 18.2 Å². The number of nitrogens with zero attached hydrogens (tertiary/aromatic N) is 2. The summed E-state index contributed by atoms with van der Waals surface area (Å²) in [4.78, 5) is 8.67. The highest BCUT2D eigenvalue weighted by Crippen LogP contribution is 2.37. The number of rotatable bonds is 0. The minimum atomic E-state index is 0.546. The zero-order valence-electron chi connectivity index (χ0n) is 8.70. The fourth-order valence-electron chi connectivity index (χ4n) is 1.80. The summed E-state index contributed by atoms with van der Waals surface area (Å²) in [6, 6.07) is 5.96. The first-order chi connectivity index (χ1) is 7.74. The lowest BCUT2D eigenvalue weighted by molar-refractivity contribution is 0.300. The van der Waals surface area contributed by atoms with E-state index in [0.29, 0.717) is 6.61 Å². The molecule has 16 heavy (non-hydrogen) atoms. The molecule has 0 fully saturated rings. The molecule has 0 N–H and O–H groups in total. The van der Waals surface area contributed by atoms with Gasteiger partial charge in [0.05, 0.1) is 5.69 Å². The van der Waals surface area contributed by atoms with Gasteiger partial charge < -0.3 is 4.74 Å². The second-order valence-corrected chi connectivity index (χ2v) is 4.64. The highest BCUT2D eigenvalue weighted by atomic mass is 79.9. The zero-order valence-corrected chi connectivity index (χ0v) is 10.3. The van der Waals surface area contributed by atoms with Crippen molar-refractivity contribution in [3.05, 3.63) is 40.3 Å². The number of fused-ring (bicyclic) bond motifs is 3. The zero-order chi connectivity index (χ0) is 11.1. The van der Waals surface area contributed by atoms with E-state index >= 15 is 0 Å². The summed E-state index contributed by atoms with van der Waals surface area (Å²) in [5.74, 6) is 1.67. The Kier molecular flexibility index (Phi) is 2.17. The molecule has 3 rings (SSSR count). The summed E-state index contributed by atoms with van der Waals surface area (Å²) in [6.45, 7) is 2.44. The molecular formula is C12H9BrN2O. The van der Waals surface area contributed by atoms with Crippen LogP contribution < -0.4 is 4.74 Å². The van der Waals surface area contributed by atoms with Crippen molar-refractivity contribution in [1.82, 2.24) is 9.97 Å². The molecule has 1 aliphatic heterocycles. The van der Waals surface area contributed by atoms with Crippen molar-refractivity contribution in [2.75, 3.05) is 0 Å². The third kappa shape index (κ3) is 1.50. The predicted molar refractivity (Wildman–Crippen MR) is 64.2 cm³/mol. The molecular weight excluding hydrogens is 268 g/mol. The molecule has 1 aliphatic rings. The van der Waals surface area contributed by atoms with Gasteiger partial charge in [0.25, 0.3) is 0 Å². The van der Waals surface area contributed by atoms with Crippen molar-refractivity contribution in [2.24, 2.45) is 0 Å². The average Bonchev–Trinajstić information content (AvgIpc) is 2.29. The highest BCUT2D eigenvalue weighted by molar-refractivity contribution is 9.10. The molecule has 80 valence electrons. The lowest BCUT2D eigenvalue weighted by Gasteiger charge is -2.19. The van der Waals surface area contributed by atoms with Crippen LogP contribution in [-0.4, -0.2) is 9.97 Å². The van der Waals surface area contributed by atoms with E-state index in [9.17, 15) is 0 Å². The third-order valence-corrected chi connectivity index (χ3v) is 3.06. The molecule has 0 saturated heterocycles.